The normalized spacial score (nSPS) is 18.2. The first-order valence-corrected chi connectivity index (χ1v) is 8.07. The molecule has 4 heteroatoms. The third-order valence-electron chi connectivity index (χ3n) is 4.17. The van der Waals surface area contributed by atoms with E-state index in [4.69, 9.17) is 17.3 Å². The maximum Gasteiger partial charge on any atom is 0.0426 e. The lowest BCUT2D eigenvalue weighted by Crippen LogP contribution is -2.52. The molecule has 2 rings (SSSR count). The second-order valence-corrected chi connectivity index (χ2v) is 5.97. The summed E-state index contributed by atoms with van der Waals surface area (Å²) in [4.78, 5) is 4.96. The number of unbranched alkanes of at least 4 members (excludes halogenated alkanes) is 1. The van der Waals surface area contributed by atoms with Crippen LogP contribution >= 0.6 is 11.6 Å². The maximum atomic E-state index is 6.07. The molecule has 0 spiro atoms. The molecule has 20 heavy (non-hydrogen) atoms. The minimum absolute atomic E-state index is 0.552. The molecule has 0 aromatic heterocycles. The Labute approximate surface area is 127 Å². The van der Waals surface area contributed by atoms with E-state index in [0.717, 1.165) is 37.7 Å². The van der Waals surface area contributed by atoms with Crippen molar-refractivity contribution < 1.29 is 0 Å². The number of nitrogens with zero attached hydrogens (tertiary/aromatic N) is 2. The third-order valence-corrected chi connectivity index (χ3v) is 4.40. The van der Waals surface area contributed by atoms with Crippen LogP contribution < -0.4 is 10.6 Å². The van der Waals surface area contributed by atoms with E-state index < -0.39 is 0 Å². The van der Waals surface area contributed by atoms with Gasteiger partial charge in [0.1, 0.15) is 0 Å². The molecule has 2 N–H and O–H groups in total. The zero-order chi connectivity index (χ0) is 14.4. The van der Waals surface area contributed by atoms with Gasteiger partial charge in [0.25, 0.3) is 0 Å². The Bertz CT molecular complexity index is 402. The van der Waals surface area contributed by atoms with E-state index in [-0.39, 0.29) is 0 Å². The van der Waals surface area contributed by atoms with Crippen molar-refractivity contribution >= 4 is 17.3 Å². The Kier molecular flexibility index (Phi) is 6.14. The molecule has 1 aromatic carbocycles. The Morgan fingerprint density at radius 3 is 2.60 bits per heavy atom. The number of anilines is 1. The van der Waals surface area contributed by atoms with Gasteiger partial charge in [0.05, 0.1) is 0 Å². The van der Waals surface area contributed by atoms with Crippen LogP contribution in [0, 0.1) is 0 Å². The summed E-state index contributed by atoms with van der Waals surface area (Å²) < 4.78 is 0. The number of hydrogen-bond donors (Lipinski definition) is 1. The number of benzene rings is 1. The molecule has 1 aromatic rings. The zero-order valence-electron chi connectivity index (χ0n) is 12.4. The molecule has 1 aliphatic rings. The predicted octanol–water partition coefficient (Wildman–Crippen LogP) is 2.98. The van der Waals surface area contributed by atoms with Crippen LogP contribution in [0.25, 0.3) is 0 Å². The lowest BCUT2D eigenvalue weighted by atomic mass is 10.1. The van der Waals surface area contributed by atoms with Gasteiger partial charge in [0.15, 0.2) is 0 Å². The zero-order valence-corrected chi connectivity index (χ0v) is 13.1. The molecule has 1 aliphatic heterocycles. The molecule has 0 saturated carbocycles. The largest absolute Gasteiger partial charge is 0.369 e. The molecule has 3 nitrogen and oxygen atoms in total. The number of halogens is 1. The first kappa shape index (κ1) is 15.6. The van der Waals surface area contributed by atoms with E-state index in [2.05, 4.69) is 28.9 Å². The summed E-state index contributed by atoms with van der Waals surface area (Å²) in [5, 5.41) is 0.813. The van der Waals surface area contributed by atoms with Crippen LogP contribution in [-0.4, -0.2) is 43.7 Å². The highest BCUT2D eigenvalue weighted by molar-refractivity contribution is 6.30. The lowest BCUT2D eigenvalue weighted by molar-refractivity contribution is 0.178. The Morgan fingerprint density at radius 1 is 1.25 bits per heavy atom. The van der Waals surface area contributed by atoms with Gasteiger partial charge in [-0.2, -0.15) is 0 Å². The quantitative estimate of drug-likeness (QED) is 0.876. The van der Waals surface area contributed by atoms with Crippen molar-refractivity contribution in [3.63, 3.8) is 0 Å². The fraction of sp³-hybridized carbons (Fsp3) is 0.625. The van der Waals surface area contributed by atoms with Crippen molar-refractivity contribution in [2.24, 2.45) is 5.73 Å². The Morgan fingerprint density at radius 2 is 2.00 bits per heavy atom. The molecule has 0 aliphatic carbocycles. The summed E-state index contributed by atoms with van der Waals surface area (Å²) in [6, 6.07) is 8.69. The van der Waals surface area contributed by atoms with Gasteiger partial charge >= 0.3 is 0 Å². The molecule has 1 heterocycles. The summed E-state index contributed by atoms with van der Waals surface area (Å²) in [6.45, 7) is 7.32. The van der Waals surface area contributed by atoms with Crippen LogP contribution in [0.3, 0.4) is 0 Å². The molecular weight excluding hydrogens is 270 g/mol. The van der Waals surface area contributed by atoms with Crippen LogP contribution in [0.2, 0.25) is 5.02 Å². The fourth-order valence-electron chi connectivity index (χ4n) is 2.91. The Balaban J connectivity index is 1.88. The highest BCUT2D eigenvalue weighted by Gasteiger charge is 2.22. The molecule has 112 valence electrons. The smallest absolute Gasteiger partial charge is 0.0426 e. The SMILES string of the molecule is CCCCC(CN)N1CCN(c2cccc(Cl)c2)CC1. The molecule has 1 unspecified atom stereocenters. The van der Waals surface area contributed by atoms with E-state index in [0.29, 0.717) is 6.04 Å². The van der Waals surface area contributed by atoms with E-state index in [1.54, 1.807) is 0 Å². The topological polar surface area (TPSA) is 32.5 Å². The van der Waals surface area contributed by atoms with Gasteiger partial charge in [0, 0.05) is 49.5 Å². The predicted molar refractivity (Wildman–Crippen MR) is 87.6 cm³/mol. The van der Waals surface area contributed by atoms with Gasteiger partial charge in [-0.25, -0.2) is 0 Å². The molecule has 1 atom stereocenters. The monoisotopic (exact) mass is 295 g/mol. The van der Waals surface area contributed by atoms with E-state index in [1.165, 1.54) is 24.9 Å². The molecule has 1 saturated heterocycles. The molecule has 0 bridgehead atoms. The van der Waals surface area contributed by atoms with Gasteiger partial charge in [-0.3, -0.25) is 4.90 Å². The lowest BCUT2D eigenvalue weighted by Gasteiger charge is -2.40. The number of hydrogen-bond acceptors (Lipinski definition) is 3. The average molecular weight is 296 g/mol. The summed E-state index contributed by atoms with van der Waals surface area (Å²) in [6.07, 6.45) is 3.75. The van der Waals surface area contributed by atoms with Gasteiger partial charge in [-0.1, -0.05) is 37.4 Å². The summed E-state index contributed by atoms with van der Waals surface area (Å²) in [5.41, 5.74) is 7.17. The van der Waals surface area contributed by atoms with Crippen LogP contribution in [-0.2, 0) is 0 Å². The Hall–Kier alpha value is -0.770. The van der Waals surface area contributed by atoms with Crippen LogP contribution in [0.4, 0.5) is 5.69 Å². The highest BCUT2D eigenvalue weighted by Crippen LogP contribution is 2.21. The molecular formula is C16H26ClN3. The van der Waals surface area contributed by atoms with Crippen LogP contribution in [0.5, 0.6) is 0 Å². The fourth-order valence-corrected chi connectivity index (χ4v) is 3.09. The van der Waals surface area contributed by atoms with Gasteiger partial charge < -0.3 is 10.6 Å². The van der Waals surface area contributed by atoms with E-state index in [9.17, 15) is 0 Å². The number of piperazine rings is 1. The molecule has 0 radical (unpaired) electrons. The van der Waals surface area contributed by atoms with Gasteiger partial charge in [0.2, 0.25) is 0 Å². The van der Waals surface area contributed by atoms with Gasteiger partial charge in [-0.05, 0) is 24.6 Å². The second-order valence-electron chi connectivity index (χ2n) is 5.53. The third kappa shape index (κ3) is 4.11. The van der Waals surface area contributed by atoms with Crippen molar-refractivity contribution in [2.45, 2.75) is 32.2 Å². The van der Waals surface area contributed by atoms with Crippen molar-refractivity contribution in [2.75, 3.05) is 37.6 Å². The van der Waals surface area contributed by atoms with Crippen LogP contribution in [0.1, 0.15) is 26.2 Å². The first-order chi connectivity index (χ1) is 9.74. The first-order valence-electron chi connectivity index (χ1n) is 7.69. The van der Waals surface area contributed by atoms with Crippen LogP contribution in [0.15, 0.2) is 24.3 Å². The summed E-state index contributed by atoms with van der Waals surface area (Å²) in [5.74, 6) is 0. The number of rotatable bonds is 6. The van der Waals surface area contributed by atoms with Crippen molar-refractivity contribution in [1.82, 2.24) is 4.90 Å². The average Bonchev–Trinajstić information content (AvgIpc) is 2.49. The van der Waals surface area contributed by atoms with E-state index >= 15 is 0 Å². The van der Waals surface area contributed by atoms with Crippen molar-refractivity contribution in [3.8, 4) is 0 Å². The standard InChI is InChI=1S/C16H26ClN3/c1-2-3-6-16(13-18)20-10-8-19(9-11-20)15-7-4-5-14(17)12-15/h4-5,7,12,16H,2-3,6,8-11,13,18H2,1H3. The summed E-state index contributed by atoms with van der Waals surface area (Å²) >= 11 is 6.07. The minimum Gasteiger partial charge on any atom is -0.369 e. The number of nitrogens with two attached hydrogens (primary N) is 1. The second kappa shape index (κ2) is 7.87. The maximum absolute atomic E-state index is 6.07. The summed E-state index contributed by atoms with van der Waals surface area (Å²) in [7, 11) is 0. The molecule has 0 amide bonds. The van der Waals surface area contributed by atoms with Gasteiger partial charge in [-0.15, -0.1) is 0 Å². The van der Waals surface area contributed by atoms with Crippen molar-refractivity contribution in [3.05, 3.63) is 29.3 Å². The minimum atomic E-state index is 0.552. The van der Waals surface area contributed by atoms with E-state index in [1.807, 2.05) is 12.1 Å². The highest BCUT2D eigenvalue weighted by atomic mass is 35.5. The molecule has 1 fully saturated rings. The van der Waals surface area contributed by atoms with Crippen molar-refractivity contribution in [1.29, 1.82) is 0 Å².